The van der Waals surface area contributed by atoms with Gasteiger partial charge in [0.1, 0.15) is 30.3 Å². The van der Waals surface area contributed by atoms with Crippen molar-refractivity contribution in [2.75, 3.05) is 6.61 Å². The predicted octanol–water partition coefficient (Wildman–Crippen LogP) is 1.61. The van der Waals surface area contributed by atoms with Gasteiger partial charge in [0, 0.05) is 29.4 Å². The van der Waals surface area contributed by atoms with Crippen molar-refractivity contribution in [1.82, 2.24) is 9.97 Å². The number of hydrogen-bond donors (Lipinski definition) is 2. The molecule has 3 aliphatic rings. The fraction of sp³-hybridized carbons (Fsp3) is 0.421. The fourth-order valence-corrected chi connectivity index (χ4v) is 4.50. The van der Waals surface area contributed by atoms with E-state index in [1.54, 1.807) is 12.4 Å². The molecule has 0 amide bonds. The highest BCUT2D eigenvalue weighted by Gasteiger charge is 2.55. The third-order valence-electron chi connectivity index (χ3n) is 5.74. The van der Waals surface area contributed by atoms with E-state index >= 15 is 0 Å². The van der Waals surface area contributed by atoms with E-state index in [4.69, 9.17) is 20.2 Å². The summed E-state index contributed by atoms with van der Waals surface area (Å²) < 4.78 is 11.9. The minimum atomic E-state index is -0.616. The van der Waals surface area contributed by atoms with Crippen LogP contribution in [-0.4, -0.2) is 39.9 Å². The topological polar surface area (TPSA) is 103 Å². The molecule has 0 radical (unpaired) electrons. The molecule has 3 heterocycles. The van der Waals surface area contributed by atoms with Crippen molar-refractivity contribution < 1.29 is 14.6 Å². The maximum atomic E-state index is 10.2. The summed E-state index contributed by atoms with van der Waals surface area (Å²) in [5.74, 6) is 0.840. The number of aliphatic hydroxyl groups excluding tert-OH is 1. The number of fused-ring (bicyclic) bond motifs is 4. The molecule has 7 nitrogen and oxygen atoms in total. The molecule has 1 saturated carbocycles. The van der Waals surface area contributed by atoms with Crippen molar-refractivity contribution >= 4 is 6.02 Å². The average molecular weight is 352 g/mol. The van der Waals surface area contributed by atoms with Gasteiger partial charge in [0.2, 0.25) is 0 Å². The molecular weight excluding hydrogens is 332 g/mol. The van der Waals surface area contributed by atoms with Crippen molar-refractivity contribution in [2.24, 2.45) is 16.6 Å². The molecule has 1 spiro atoms. The average Bonchev–Trinajstić information content (AvgIpc) is 3.06. The molecule has 3 N–H and O–H groups in total. The lowest BCUT2D eigenvalue weighted by atomic mass is 9.67. The number of hydrogen-bond acceptors (Lipinski definition) is 7. The van der Waals surface area contributed by atoms with Crippen LogP contribution < -0.4 is 10.5 Å². The molecule has 1 aromatic heterocycles. The number of aliphatic hydroxyl groups is 1. The van der Waals surface area contributed by atoms with Crippen LogP contribution in [0.4, 0.5) is 0 Å². The van der Waals surface area contributed by atoms with Gasteiger partial charge >= 0.3 is 0 Å². The van der Waals surface area contributed by atoms with Gasteiger partial charge in [-0.15, -0.1) is 0 Å². The van der Waals surface area contributed by atoms with Gasteiger partial charge in [0.15, 0.2) is 0 Å². The molecule has 1 aliphatic carbocycles. The van der Waals surface area contributed by atoms with Crippen molar-refractivity contribution in [3.05, 3.63) is 42.5 Å². The second-order valence-corrected chi connectivity index (χ2v) is 7.23. The molecule has 7 heteroatoms. The molecular formula is C19H20N4O3. The van der Waals surface area contributed by atoms with Crippen molar-refractivity contribution in [3.63, 3.8) is 0 Å². The summed E-state index contributed by atoms with van der Waals surface area (Å²) in [6, 6.07) is 6.25. The molecule has 2 aliphatic heterocycles. The van der Waals surface area contributed by atoms with Gasteiger partial charge in [0.25, 0.3) is 6.02 Å². The Morgan fingerprint density at radius 3 is 2.77 bits per heavy atom. The van der Waals surface area contributed by atoms with Crippen LogP contribution in [0, 0.1) is 5.92 Å². The molecule has 1 aromatic carbocycles. The molecule has 2 aromatic rings. The Hall–Kier alpha value is -2.67. The van der Waals surface area contributed by atoms with E-state index in [0.717, 1.165) is 35.3 Å². The smallest absolute Gasteiger partial charge is 0.283 e. The van der Waals surface area contributed by atoms with Crippen LogP contribution in [0.25, 0.3) is 11.1 Å². The Morgan fingerprint density at radius 1 is 1.15 bits per heavy atom. The van der Waals surface area contributed by atoms with Gasteiger partial charge in [-0.1, -0.05) is 6.07 Å². The SMILES string of the molecule is NC1=NC2(CO1)c1cc(-c3cncnc3)ccc1O[C@H]1CCC(O)C[C@H]12. The van der Waals surface area contributed by atoms with Crippen molar-refractivity contribution in [1.29, 1.82) is 0 Å². The van der Waals surface area contributed by atoms with Crippen LogP contribution in [0.5, 0.6) is 5.75 Å². The third kappa shape index (κ3) is 2.27. The van der Waals surface area contributed by atoms with Gasteiger partial charge in [0.05, 0.1) is 6.10 Å². The predicted molar refractivity (Wildman–Crippen MR) is 94.5 cm³/mol. The number of amidine groups is 1. The third-order valence-corrected chi connectivity index (χ3v) is 5.74. The number of ether oxygens (including phenoxy) is 2. The molecule has 4 atom stereocenters. The molecule has 1 fully saturated rings. The van der Waals surface area contributed by atoms with Crippen LogP contribution in [0.2, 0.25) is 0 Å². The van der Waals surface area contributed by atoms with Gasteiger partial charge in [-0.05, 0) is 37.0 Å². The fourth-order valence-electron chi connectivity index (χ4n) is 4.50. The number of aromatic nitrogens is 2. The zero-order valence-corrected chi connectivity index (χ0v) is 14.2. The van der Waals surface area contributed by atoms with Crippen LogP contribution >= 0.6 is 0 Å². The zero-order chi connectivity index (χ0) is 17.7. The second-order valence-electron chi connectivity index (χ2n) is 7.23. The van der Waals surface area contributed by atoms with Crippen molar-refractivity contribution in [3.8, 4) is 16.9 Å². The summed E-state index contributed by atoms with van der Waals surface area (Å²) in [5.41, 5.74) is 8.16. The summed E-state index contributed by atoms with van der Waals surface area (Å²) in [6.45, 7) is 0.373. The van der Waals surface area contributed by atoms with Crippen LogP contribution in [-0.2, 0) is 10.3 Å². The van der Waals surface area contributed by atoms with Gasteiger partial charge in [-0.2, -0.15) is 0 Å². The van der Waals surface area contributed by atoms with Gasteiger partial charge in [-0.25, -0.2) is 15.0 Å². The standard InChI is InChI=1S/C19H20N4O3/c20-18-23-19(9-25-18)14-5-11(12-7-21-10-22-8-12)1-3-16(14)26-17-4-2-13(24)6-15(17)19/h1,3,5,7-8,10,13,15,17,24H,2,4,6,9H2,(H2,20,23)/t13?,15-,17+,19?/m1/s1. The van der Waals surface area contributed by atoms with E-state index in [1.807, 2.05) is 12.1 Å². The second kappa shape index (κ2) is 5.67. The Labute approximate surface area is 150 Å². The molecule has 5 rings (SSSR count). The first-order chi connectivity index (χ1) is 12.7. The molecule has 2 unspecified atom stereocenters. The molecule has 0 saturated heterocycles. The van der Waals surface area contributed by atoms with E-state index in [9.17, 15) is 5.11 Å². The minimum Gasteiger partial charge on any atom is -0.490 e. The highest BCUT2D eigenvalue weighted by molar-refractivity contribution is 5.75. The molecule has 26 heavy (non-hydrogen) atoms. The van der Waals surface area contributed by atoms with Crippen LogP contribution in [0.3, 0.4) is 0 Å². The van der Waals surface area contributed by atoms with Gasteiger partial charge in [-0.3, -0.25) is 0 Å². The van der Waals surface area contributed by atoms with E-state index in [-0.39, 0.29) is 24.1 Å². The zero-order valence-electron chi connectivity index (χ0n) is 14.2. The maximum Gasteiger partial charge on any atom is 0.283 e. The number of benzene rings is 1. The van der Waals surface area contributed by atoms with Crippen LogP contribution in [0.1, 0.15) is 24.8 Å². The largest absolute Gasteiger partial charge is 0.490 e. The van der Waals surface area contributed by atoms with Crippen molar-refractivity contribution in [2.45, 2.75) is 37.0 Å². The molecule has 134 valence electrons. The normalized spacial score (nSPS) is 32.2. The first-order valence-electron chi connectivity index (χ1n) is 8.88. The number of nitrogens with zero attached hydrogens (tertiary/aromatic N) is 3. The van der Waals surface area contributed by atoms with E-state index < -0.39 is 5.54 Å². The highest BCUT2D eigenvalue weighted by atomic mass is 16.5. The quantitative estimate of drug-likeness (QED) is 0.808. The number of aliphatic imine (C=N–C) groups is 1. The monoisotopic (exact) mass is 352 g/mol. The summed E-state index contributed by atoms with van der Waals surface area (Å²) in [7, 11) is 0. The molecule has 0 bridgehead atoms. The van der Waals surface area contributed by atoms with Crippen LogP contribution in [0.15, 0.2) is 41.9 Å². The van der Waals surface area contributed by atoms with Gasteiger partial charge < -0.3 is 20.3 Å². The van der Waals surface area contributed by atoms with E-state index in [2.05, 4.69) is 16.0 Å². The highest BCUT2D eigenvalue weighted by Crippen LogP contribution is 2.52. The maximum absolute atomic E-state index is 10.2. The van der Waals surface area contributed by atoms with E-state index in [1.165, 1.54) is 6.33 Å². The lowest BCUT2D eigenvalue weighted by Gasteiger charge is -2.47. The number of nitrogens with two attached hydrogens (primary N) is 1. The Balaban J connectivity index is 1.67. The Morgan fingerprint density at radius 2 is 2.00 bits per heavy atom. The summed E-state index contributed by atoms with van der Waals surface area (Å²) in [5, 5.41) is 10.2. The lowest BCUT2D eigenvalue weighted by Crippen LogP contribution is -2.51. The Bertz CT molecular complexity index is 872. The first kappa shape index (κ1) is 15.6. The first-order valence-corrected chi connectivity index (χ1v) is 8.88. The Kier molecular flexibility index (Phi) is 3.40. The summed E-state index contributed by atoms with van der Waals surface area (Å²) in [6.07, 6.45) is 6.90. The lowest BCUT2D eigenvalue weighted by molar-refractivity contribution is -0.0359. The number of rotatable bonds is 1. The van der Waals surface area contributed by atoms with E-state index in [0.29, 0.717) is 13.0 Å². The summed E-state index contributed by atoms with van der Waals surface area (Å²) in [4.78, 5) is 12.9. The summed E-state index contributed by atoms with van der Waals surface area (Å²) >= 11 is 0. The minimum absolute atomic E-state index is 0.00931.